The summed E-state index contributed by atoms with van der Waals surface area (Å²) in [5.74, 6) is 0.771. The van der Waals surface area contributed by atoms with Gasteiger partial charge < -0.3 is 9.74 Å². The molecule has 1 rings (SSSR count). The Labute approximate surface area is 96.2 Å². The second kappa shape index (κ2) is 6.61. The topological polar surface area (TPSA) is 37.2 Å². The van der Waals surface area contributed by atoms with Crippen LogP contribution in [-0.2, 0) is 11.4 Å². The van der Waals surface area contributed by atoms with E-state index in [1.165, 1.54) is 0 Å². The number of oxime groups is 1. The predicted molar refractivity (Wildman–Crippen MR) is 66.8 cm³/mol. The molecular weight excluding hydrogens is 202 g/mol. The maximum atomic E-state index is 5.16. The maximum Gasteiger partial charge on any atom is 0.144 e. The van der Waals surface area contributed by atoms with Crippen LogP contribution in [0.1, 0.15) is 5.56 Å². The van der Waals surface area contributed by atoms with Gasteiger partial charge in [-0.3, -0.25) is 4.99 Å². The Kier molecular flexibility index (Phi) is 5.05. The van der Waals surface area contributed by atoms with Crippen molar-refractivity contribution in [2.45, 2.75) is 6.61 Å². The van der Waals surface area contributed by atoms with Gasteiger partial charge in [0.05, 0.1) is 0 Å². The lowest BCUT2D eigenvalue weighted by Crippen LogP contribution is -2.23. The fraction of sp³-hybridized carbons (Fsp3) is 0.333. The normalized spacial score (nSPS) is 11.8. The molecule has 0 heterocycles. The molecule has 86 valence electrons. The first kappa shape index (κ1) is 12.2. The quantitative estimate of drug-likeness (QED) is 0.440. The van der Waals surface area contributed by atoms with Crippen molar-refractivity contribution >= 4 is 12.1 Å². The van der Waals surface area contributed by atoms with Gasteiger partial charge in [-0.1, -0.05) is 35.5 Å². The van der Waals surface area contributed by atoms with Crippen molar-refractivity contribution in [1.82, 2.24) is 4.90 Å². The van der Waals surface area contributed by atoms with Crippen molar-refractivity contribution in [3.63, 3.8) is 0 Å². The molecule has 0 aliphatic heterocycles. The fourth-order valence-electron chi connectivity index (χ4n) is 1.14. The third kappa shape index (κ3) is 4.13. The van der Waals surface area contributed by atoms with Gasteiger partial charge in [-0.15, -0.1) is 0 Å². The Morgan fingerprint density at radius 1 is 1.31 bits per heavy atom. The summed E-state index contributed by atoms with van der Waals surface area (Å²) >= 11 is 0. The van der Waals surface area contributed by atoms with Crippen LogP contribution in [-0.4, -0.2) is 38.1 Å². The van der Waals surface area contributed by atoms with Crippen LogP contribution < -0.4 is 0 Å². The highest BCUT2D eigenvalue weighted by Gasteiger charge is 1.95. The summed E-state index contributed by atoms with van der Waals surface area (Å²) in [6.45, 7) is 0.474. The van der Waals surface area contributed by atoms with Crippen molar-refractivity contribution < 1.29 is 4.84 Å². The molecule has 0 spiro atoms. The lowest BCUT2D eigenvalue weighted by molar-refractivity contribution is 0.132. The van der Waals surface area contributed by atoms with Crippen LogP contribution in [0.25, 0.3) is 0 Å². The smallest absolute Gasteiger partial charge is 0.144 e. The minimum absolute atomic E-state index is 0.474. The molecule has 4 nitrogen and oxygen atoms in total. The molecular formula is C12H17N3O. The summed E-state index contributed by atoms with van der Waals surface area (Å²) in [6.07, 6.45) is 1.60. The van der Waals surface area contributed by atoms with Crippen LogP contribution in [0.3, 0.4) is 0 Å². The van der Waals surface area contributed by atoms with Crippen molar-refractivity contribution in [3.05, 3.63) is 35.9 Å². The van der Waals surface area contributed by atoms with E-state index in [0.717, 1.165) is 11.4 Å². The Morgan fingerprint density at radius 2 is 2.00 bits per heavy atom. The minimum Gasteiger partial charge on any atom is -0.391 e. The Hall–Kier alpha value is -1.84. The van der Waals surface area contributed by atoms with E-state index in [1.807, 2.05) is 49.3 Å². The first-order valence-corrected chi connectivity index (χ1v) is 5.07. The van der Waals surface area contributed by atoms with Crippen molar-refractivity contribution in [2.24, 2.45) is 10.1 Å². The standard InChI is InChI=1S/C12H17N3O/c1-13-12(15(2)3)9-14-16-10-11-7-5-4-6-8-11/h4-9H,10H2,1-3H3/b13-12?,14-9+. The van der Waals surface area contributed by atoms with E-state index >= 15 is 0 Å². The monoisotopic (exact) mass is 219 g/mol. The van der Waals surface area contributed by atoms with Gasteiger partial charge in [-0.25, -0.2) is 0 Å². The number of hydrogen-bond donors (Lipinski definition) is 0. The molecule has 0 aromatic heterocycles. The highest BCUT2D eigenvalue weighted by atomic mass is 16.6. The third-order valence-electron chi connectivity index (χ3n) is 2.00. The number of rotatable bonds is 4. The predicted octanol–water partition coefficient (Wildman–Crippen LogP) is 1.78. The second-order valence-electron chi connectivity index (χ2n) is 3.47. The molecule has 0 saturated carbocycles. The van der Waals surface area contributed by atoms with Crippen LogP contribution >= 0.6 is 0 Å². The summed E-state index contributed by atoms with van der Waals surface area (Å²) in [6, 6.07) is 9.91. The van der Waals surface area contributed by atoms with E-state index in [0.29, 0.717) is 6.61 Å². The Morgan fingerprint density at radius 3 is 2.56 bits per heavy atom. The van der Waals surface area contributed by atoms with E-state index in [2.05, 4.69) is 10.1 Å². The van der Waals surface area contributed by atoms with Gasteiger partial charge in [0.2, 0.25) is 0 Å². The number of aliphatic imine (C=N–C) groups is 1. The molecule has 0 N–H and O–H groups in total. The summed E-state index contributed by atoms with van der Waals surface area (Å²) in [5.41, 5.74) is 1.10. The van der Waals surface area contributed by atoms with Crippen LogP contribution in [0.2, 0.25) is 0 Å². The fourth-order valence-corrected chi connectivity index (χ4v) is 1.14. The van der Waals surface area contributed by atoms with Gasteiger partial charge in [0, 0.05) is 21.1 Å². The zero-order chi connectivity index (χ0) is 11.8. The molecule has 0 aliphatic carbocycles. The first-order valence-electron chi connectivity index (χ1n) is 5.07. The average Bonchev–Trinajstić information content (AvgIpc) is 2.30. The van der Waals surface area contributed by atoms with Gasteiger partial charge >= 0.3 is 0 Å². The van der Waals surface area contributed by atoms with E-state index in [4.69, 9.17) is 4.84 Å². The summed E-state index contributed by atoms with van der Waals surface area (Å²) < 4.78 is 0. The molecule has 16 heavy (non-hydrogen) atoms. The molecule has 1 aromatic rings. The van der Waals surface area contributed by atoms with Crippen LogP contribution in [0.5, 0.6) is 0 Å². The van der Waals surface area contributed by atoms with Gasteiger partial charge in [0.25, 0.3) is 0 Å². The third-order valence-corrected chi connectivity index (χ3v) is 2.00. The molecule has 0 atom stereocenters. The maximum absolute atomic E-state index is 5.16. The van der Waals surface area contributed by atoms with Crippen LogP contribution in [0, 0.1) is 0 Å². The van der Waals surface area contributed by atoms with Crippen LogP contribution in [0.15, 0.2) is 40.5 Å². The Balaban J connectivity index is 2.38. The molecule has 4 heteroatoms. The largest absolute Gasteiger partial charge is 0.391 e. The average molecular weight is 219 g/mol. The lowest BCUT2D eigenvalue weighted by atomic mass is 10.2. The second-order valence-corrected chi connectivity index (χ2v) is 3.47. The first-order chi connectivity index (χ1) is 7.74. The summed E-state index contributed by atoms with van der Waals surface area (Å²) in [5, 5.41) is 3.86. The molecule has 0 amide bonds. The molecule has 0 saturated heterocycles. The van der Waals surface area contributed by atoms with Crippen molar-refractivity contribution in [2.75, 3.05) is 21.1 Å². The lowest BCUT2D eigenvalue weighted by Gasteiger charge is -2.09. The van der Waals surface area contributed by atoms with E-state index in [9.17, 15) is 0 Å². The highest BCUT2D eigenvalue weighted by Crippen LogP contribution is 2.00. The number of hydrogen-bond acceptors (Lipinski definition) is 3. The van der Waals surface area contributed by atoms with Crippen molar-refractivity contribution in [3.8, 4) is 0 Å². The molecule has 0 fully saturated rings. The van der Waals surface area contributed by atoms with Gasteiger partial charge in [-0.05, 0) is 5.56 Å². The molecule has 0 bridgehead atoms. The SMILES string of the molecule is CN=C(/C=N/OCc1ccccc1)N(C)C. The minimum atomic E-state index is 0.474. The molecule has 0 unspecified atom stereocenters. The number of nitrogens with zero attached hydrogens (tertiary/aromatic N) is 3. The molecule has 0 aliphatic rings. The summed E-state index contributed by atoms with van der Waals surface area (Å²) in [7, 11) is 5.54. The molecule has 0 radical (unpaired) electrons. The van der Waals surface area contributed by atoms with Gasteiger partial charge in [0.1, 0.15) is 18.7 Å². The van der Waals surface area contributed by atoms with E-state index in [-0.39, 0.29) is 0 Å². The van der Waals surface area contributed by atoms with E-state index in [1.54, 1.807) is 13.3 Å². The van der Waals surface area contributed by atoms with Crippen LogP contribution in [0.4, 0.5) is 0 Å². The summed E-state index contributed by atoms with van der Waals surface area (Å²) in [4.78, 5) is 11.1. The van der Waals surface area contributed by atoms with Gasteiger partial charge in [-0.2, -0.15) is 0 Å². The zero-order valence-electron chi connectivity index (χ0n) is 9.92. The number of benzene rings is 1. The Bertz CT molecular complexity index is 358. The van der Waals surface area contributed by atoms with E-state index < -0.39 is 0 Å². The molecule has 1 aromatic carbocycles. The highest BCUT2D eigenvalue weighted by molar-refractivity contribution is 6.28. The zero-order valence-corrected chi connectivity index (χ0v) is 9.92. The number of amidine groups is 1. The van der Waals surface area contributed by atoms with Gasteiger partial charge in [0.15, 0.2) is 0 Å². The van der Waals surface area contributed by atoms with Crippen molar-refractivity contribution in [1.29, 1.82) is 0 Å².